The van der Waals surface area contributed by atoms with Gasteiger partial charge in [-0.1, -0.05) is 18.3 Å². The minimum absolute atomic E-state index is 0.309. The van der Waals surface area contributed by atoms with Crippen LogP contribution in [0.4, 0.5) is 0 Å². The van der Waals surface area contributed by atoms with Gasteiger partial charge in [0.15, 0.2) is 11.5 Å². The van der Waals surface area contributed by atoms with Gasteiger partial charge in [-0.15, -0.1) is 11.3 Å². The highest BCUT2D eigenvalue weighted by Gasteiger charge is 2.13. The summed E-state index contributed by atoms with van der Waals surface area (Å²) in [6, 6.07) is 11.9. The molecule has 2 heterocycles. The standard InChI is InChI=1S/C12H8O2S2/c15-12-3-1-2-11(16-12)8-4-5-9-10(6-8)14-7-13-9/h1-6H,7H2. The Bertz CT molecular complexity index is 590. The normalized spacial score (nSPS) is 12.8. The Labute approximate surface area is 102 Å². The first-order valence-electron chi connectivity index (χ1n) is 4.83. The molecule has 0 radical (unpaired) electrons. The van der Waals surface area contributed by atoms with Gasteiger partial charge in [-0.05, 0) is 35.9 Å². The van der Waals surface area contributed by atoms with Crippen molar-refractivity contribution in [2.24, 2.45) is 0 Å². The van der Waals surface area contributed by atoms with Crippen LogP contribution in [0.2, 0.25) is 0 Å². The summed E-state index contributed by atoms with van der Waals surface area (Å²) < 4.78 is 11.5. The van der Waals surface area contributed by atoms with Crippen LogP contribution in [0.15, 0.2) is 36.4 Å². The van der Waals surface area contributed by atoms with E-state index < -0.39 is 0 Å². The maximum Gasteiger partial charge on any atom is 0.231 e. The highest BCUT2D eigenvalue weighted by molar-refractivity contribution is 7.73. The van der Waals surface area contributed by atoms with E-state index in [4.69, 9.17) is 21.7 Å². The van der Waals surface area contributed by atoms with E-state index in [1.807, 2.05) is 30.3 Å². The van der Waals surface area contributed by atoms with Crippen molar-refractivity contribution < 1.29 is 9.47 Å². The Kier molecular flexibility index (Phi) is 2.38. The fraction of sp³-hybridized carbons (Fsp3) is 0.0833. The molecule has 0 fully saturated rings. The monoisotopic (exact) mass is 248 g/mol. The molecule has 0 spiro atoms. The highest BCUT2D eigenvalue weighted by atomic mass is 32.1. The minimum Gasteiger partial charge on any atom is -0.454 e. The van der Waals surface area contributed by atoms with Crippen molar-refractivity contribution in [3.8, 4) is 21.9 Å². The lowest BCUT2D eigenvalue weighted by Gasteiger charge is -2.01. The molecule has 1 aromatic heterocycles. The Morgan fingerprint density at radius 3 is 2.81 bits per heavy atom. The van der Waals surface area contributed by atoms with Gasteiger partial charge in [0, 0.05) is 4.88 Å². The second-order valence-electron chi connectivity index (χ2n) is 3.38. The van der Waals surface area contributed by atoms with E-state index in [-0.39, 0.29) is 0 Å². The number of hydrogen-bond acceptors (Lipinski definition) is 4. The molecule has 0 saturated carbocycles. The van der Waals surface area contributed by atoms with Crippen LogP contribution in [0.5, 0.6) is 11.5 Å². The molecule has 80 valence electrons. The first kappa shape index (κ1) is 9.81. The van der Waals surface area contributed by atoms with Gasteiger partial charge in [-0.25, -0.2) is 0 Å². The zero-order valence-corrected chi connectivity index (χ0v) is 9.94. The first-order chi connectivity index (χ1) is 7.83. The van der Waals surface area contributed by atoms with Gasteiger partial charge in [0.1, 0.15) is 0 Å². The van der Waals surface area contributed by atoms with Gasteiger partial charge in [0.25, 0.3) is 0 Å². The number of hydrogen-bond donors (Lipinski definition) is 0. The number of rotatable bonds is 1. The Morgan fingerprint density at radius 2 is 1.94 bits per heavy atom. The predicted octanol–water partition coefficient (Wildman–Crippen LogP) is 3.87. The van der Waals surface area contributed by atoms with Crippen molar-refractivity contribution in [1.82, 2.24) is 0 Å². The molecule has 0 atom stereocenters. The van der Waals surface area contributed by atoms with Gasteiger partial charge in [-0.3, -0.25) is 0 Å². The summed E-state index contributed by atoms with van der Waals surface area (Å²) in [6.45, 7) is 0.309. The van der Waals surface area contributed by atoms with Crippen molar-refractivity contribution in [2.45, 2.75) is 0 Å². The van der Waals surface area contributed by atoms with Crippen molar-refractivity contribution in [3.05, 3.63) is 40.2 Å². The summed E-state index contributed by atoms with van der Waals surface area (Å²) in [7, 11) is 0. The van der Waals surface area contributed by atoms with Crippen LogP contribution in [0.1, 0.15) is 0 Å². The quantitative estimate of drug-likeness (QED) is 0.714. The maximum atomic E-state index is 5.35. The maximum absolute atomic E-state index is 5.35. The lowest BCUT2D eigenvalue weighted by molar-refractivity contribution is 0.174. The molecular weight excluding hydrogens is 240 g/mol. The second kappa shape index (κ2) is 3.88. The van der Waals surface area contributed by atoms with Crippen molar-refractivity contribution in [2.75, 3.05) is 6.79 Å². The van der Waals surface area contributed by atoms with Crippen LogP contribution in [0.3, 0.4) is 0 Å². The molecule has 0 amide bonds. The summed E-state index contributed by atoms with van der Waals surface area (Å²) in [4.78, 5) is 1.14. The first-order valence-corrected chi connectivity index (χ1v) is 6.05. The Balaban J connectivity index is 2.10. The summed E-state index contributed by atoms with van der Waals surface area (Å²) in [5.74, 6) is 1.61. The average molecular weight is 248 g/mol. The van der Waals surface area contributed by atoms with E-state index in [1.165, 1.54) is 0 Å². The highest BCUT2D eigenvalue weighted by Crippen LogP contribution is 2.36. The number of ether oxygens (including phenoxy) is 2. The van der Waals surface area contributed by atoms with Crippen LogP contribution >= 0.6 is 23.6 Å². The molecule has 1 aliphatic rings. The minimum atomic E-state index is 0.309. The van der Waals surface area contributed by atoms with Crippen molar-refractivity contribution in [3.63, 3.8) is 0 Å². The predicted molar refractivity (Wildman–Crippen MR) is 66.7 cm³/mol. The summed E-state index contributed by atoms with van der Waals surface area (Å²) in [6.07, 6.45) is 0. The number of benzene rings is 1. The fourth-order valence-electron chi connectivity index (χ4n) is 1.60. The fourth-order valence-corrected chi connectivity index (χ4v) is 2.70. The molecular formula is C12H8O2S2. The third-order valence-corrected chi connectivity index (χ3v) is 3.66. The Morgan fingerprint density at radius 1 is 1.06 bits per heavy atom. The summed E-state index contributed by atoms with van der Waals surface area (Å²) in [5.41, 5.74) is 1.11. The van der Waals surface area contributed by atoms with Crippen LogP contribution in [0, 0.1) is 3.82 Å². The van der Waals surface area contributed by atoms with Crippen LogP contribution in [-0.2, 0) is 0 Å². The van der Waals surface area contributed by atoms with Crippen LogP contribution < -0.4 is 9.47 Å². The van der Waals surface area contributed by atoms with Gasteiger partial charge >= 0.3 is 0 Å². The lowest BCUT2D eigenvalue weighted by atomic mass is 10.1. The summed E-state index contributed by atoms with van der Waals surface area (Å²) >= 11 is 6.76. The third kappa shape index (κ3) is 1.70. The molecule has 0 bridgehead atoms. The van der Waals surface area contributed by atoms with Gasteiger partial charge in [-0.2, -0.15) is 0 Å². The Hall–Kier alpha value is -1.39. The molecule has 0 N–H and O–H groups in total. The largest absolute Gasteiger partial charge is 0.454 e. The number of fused-ring (bicyclic) bond motifs is 1. The van der Waals surface area contributed by atoms with Gasteiger partial charge < -0.3 is 9.47 Å². The van der Waals surface area contributed by atoms with Crippen LogP contribution in [0.25, 0.3) is 10.4 Å². The summed E-state index contributed by atoms with van der Waals surface area (Å²) in [5, 5.41) is 0. The van der Waals surface area contributed by atoms with Gasteiger partial charge in [0.05, 0.1) is 3.82 Å². The molecule has 2 nitrogen and oxygen atoms in total. The molecule has 0 saturated heterocycles. The van der Waals surface area contributed by atoms with E-state index >= 15 is 0 Å². The van der Waals surface area contributed by atoms with E-state index in [0.29, 0.717) is 6.79 Å². The third-order valence-electron chi connectivity index (χ3n) is 2.35. The lowest BCUT2D eigenvalue weighted by Crippen LogP contribution is -1.92. The smallest absolute Gasteiger partial charge is 0.231 e. The topological polar surface area (TPSA) is 18.5 Å². The van der Waals surface area contributed by atoms with Gasteiger partial charge in [0.2, 0.25) is 6.79 Å². The van der Waals surface area contributed by atoms with E-state index in [1.54, 1.807) is 11.3 Å². The second-order valence-corrected chi connectivity index (χ2v) is 5.16. The average Bonchev–Trinajstić information content (AvgIpc) is 2.75. The molecule has 2 aromatic rings. The molecule has 1 aromatic carbocycles. The zero-order chi connectivity index (χ0) is 11.0. The zero-order valence-electron chi connectivity index (χ0n) is 8.30. The van der Waals surface area contributed by atoms with Crippen molar-refractivity contribution in [1.29, 1.82) is 0 Å². The molecule has 16 heavy (non-hydrogen) atoms. The van der Waals surface area contributed by atoms with E-state index in [9.17, 15) is 0 Å². The van der Waals surface area contributed by atoms with Crippen molar-refractivity contribution >= 4 is 23.6 Å². The molecule has 4 heteroatoms. The molecule has 0 aliphatic carbocycles. The SMILES string of the molecule is S=c1cccc(-c2ccc3c(c2)OCO3)s1. The van der Waals surface area contributed by atoms with E-state index in [0.717, 1.165) is 25.8 Å². The van der Waals surface area contributed by atoms with E-state index in [2.05, 4.69) is 6.07 Å². The van der Waals surface area contributed by atoms with Crippen LogP contribution in [-0.4, -0.2) is 6.79 Å². The molecule has 3 rings (SSSR count). The molecule has 1 aliphatic heterocycles. The molecule has 0 unspecified atom stereocenters.